The van der Waals surface area contributed by atoms with Gasteiger partial charge in [0.15, 0.2) is 0 Å². The number of pyridine rings is 1. The predicted octanol–water partition coefficient (Wildman–Crippen LogP) is 4.11. The van der Waals surface area contributed by atoms with Crippen molar-refractivity contribution in [1.82, 2.24) is 10.3 Å². The van der Waals surface area contributed by atoms with Gasteiger partial charge in [0.1, 0.15) is 0 Å². The average molecular weight is 290 g/mol. The van der Waals surface area contributed by atoms with Crippen LogP contribution in [0.25, 0.3) is 0 Å². The summed E-state index contributed by atoms with van der Waals surface area (Å²) < 4.78 is 6.10. The summed E-state index contributed by atoms with van der Waals surface area (Å²) in [6.45, 7) is 7.95. The minimum Gasteiger partial charge on any atom is -0.376 e. The molecule has 1 N–H and O–H groups in total. The molecule has 0 spiro atoms. The van der Waals surface area contributed by atoms with E-state index in [0.29, 0.717) is 5.41 Å². The zero-order chi connectivity index (χ0) is 15.3. The number of ether oxygens (including phenoxy) is 1. The molecular weight excluding hydrogens is 260 g/mol. The van der Waals surface area contributed by atoms with E-state index in [1.807, 2.05) is 25.6 Å². The largest absolute Gasteiger partial charge is 0.376 e. The van der Waals surface area contributed by atoms with E-state index >= 15 is 0 Å². The second-order valence-corrected chi connectivity index (χ2v) is 7.11. The van der Waals surface area contributed by atoms with E-state index in [9.17, 15) is 0 Å². The van der Waals surface area contributed by atoms with Gasteiger partial charge in [-0.3, -0.25) is 4.98 Å². The van der Waals surface area contributed by atoms with Crippen LogP contribution < -0.4 is 5.32 Å². The quantitative estimate of drug-likeness (QED) is 0.856. The Bertz CT molecular complexity index is 420. The molecular formula is C18H30N2O. The van der Waals surface area contributed by atoms with Crippen LogP contribution in [0.2, 0.25) is 0 Å². The fourth-order valence-electron chi connectivity index (χ4n) is 3.40. The molecule has 3 nitrogen and oxygen atoms in total. The van der Waals surface area contributed by atoms with Gasteiger partial charge < -0.3 is 10.1 Å². The lowest BCUT2D eigenvalue weighted by Crippen LogP contribution is -2.49. The standard InChI is InChI=1S/C18H30N2O/c1-5-12-20-16(15-7-6-13-19-14-15)18(21-4)10-8-17(2,3)9-11-18/h6-7,13-14,16,20H,5,8-12H2,1-4H3. The molecule has 0 bridgehead atoms. The number of rotatable bonds is 6. The highest BCUT2D eigenvalue weighted by Gasteiger charge is 2.44. The van der Waals surface area contributed by atoms with Crippen molar-refractivity contribution in [2.75, 3.05) is 13.7 Å². The van der Waals surface area contributed by atoms with Gasteiger partial charge in [-0.05, 0) is 55.7 Å². The number of methoxy groups -OCH3 is 1. The van der Waals surface area contributed by atoms with Crippen LogP contribution in [0.1, 0.15) is 64.5 Å². The molecule has 0 aliphatic heterocycles. The van der Waals surface area contributed by atoms with Gasteiger partial charge in [0.2, 0.25) is 0 Å². The van der Waals surface area contributed by atoms with Crippen molar-refractivity contribution in [1.29, 1.82) is 0 Å². The highest BCUT2D eigenvalue weighted by atomic mass is 16.5. The van der Waals surface area contributed by atoms with Gasteiger partial charge in [0.05, 0.1) is 11.6 Å². The Morgan fingerprint density at radius 2 is 2.00 bits per heavy atom. The maximum absolute atomic E-state index is 6.10. The second kappa shape index (κ2) is 6.89. The Morgan fingerprint density at radius 1 is 1.29 bits per heavy atom. The molecule has 1 heterocycles. The monoisotopic (exact) mass is 290 g/mol. The first kappa shape index (κ1) is 16.4. The van der Waals surface area contributed by atoms with Crippen LogP contribution in [0, 0.1) is 5.41 Å². The molecule has 2 rings (SSSR count). The molecule has 0 saturated heterocycles. The Morgan fingerprint density at radius 3 is 2.52 bits per heavy atom. The highest BCUT2D eigenvalue weighted by Crippen LogP contribution is 2.47. The first-order valence-electron chi connectivity index (χ1n) is 8.21. The van der Waals surface area contributed by atoms with Crippen LogP contribution in [0.15, 0.2) is 24.5 Å². The topological polar surface area (TPSA) is 34.2 Å². The maximum Gasteiger partial charge on any atom is 0.0873 e. The van der Waals surface area contributed by atoms with Crippen molar-refractivity contribution in [3.8, 4) is 0 Å². The molecule has 3 heteroatoms. The third-order valence-corrected chi connectivity index (χ3v) is 5.00. The molecule has 1 unspecified atom stereocenters. The Kier molecular flexibility index (Phi) is 5.39. The lowest BCUT2D eigenvalue weighted by molar-refractivity contribution is -0.0876. The van der Waals surface area contributed by atoms with Crippen molar-refractivity contribution in [2.24, 2.45) is 5.41 Å². The number of hydrogen-bond acceptors (Lipinski definition) is 3. The minimum absolute atomic E-state index is 0.103. The Hall–Kier alpha value is -0.930. The molecule has 1 aliphatic rings. The predicted molar refractivity (Wildman–Crippen MR) is 87.3 cm³/mol. The molecule has 1 aromatic heterocycles. The maximum atomic E-state index is 6.10. The van der Waals surface area contributed by atoms with Crippen molar-refractivity contribution < 1.29 is 4.74 Å². The summed E-state index contributed by atoms with van der Waals surface area (Å²) in [5.41, 5.74) is 1.58. The first-order valence-corrected chi connectivity index (χ1v) is 8.21. The summed E-state index contributed by atoms with van der Waals surface area (Å²) in [6, 6.07) is 4.42. The van der Waals surface area contributed by atoms with Gasteiger partial charge in [-0.2, -0.15) is 0 Å². The fourth-order valence-corrected chi connectivity index (χ4v) is 3.40. The summed E-state index contributed by atoms with van der Waals surface area (Å²) >= 11 is 0. The van der Waals surface area contributed by atoms with Crippen LogP contribution in [-0.2, 0) is 4.74 Å². The van der Waals surface area contributed by atoms with E-state index in [1.54, 1.807) is 0 Å². The molecule has 1 saturated carbocycles. The summed E-state index contributed by atoms with van der Waals surface area (Å²) in [7, 11) is 1.87. The summed E-state index contributed by atoms with van der Waals surface area (Å²) in [6.07, 6.45) is 9.58. The van der Waals surface area contributed by atoms with Crippen molar-refractivity contribution >= 4 is 0 Å². The molecule has 0 amide bonds. The molecule has 118 valence electrons. The van der Waals surface area contributed by atoms with E-state index in [2.05, 4.69) is 37.1 Å². The third kappa shape index (κ3) is 3.83. The zero-order valence-electron chi connectivity index (χ0n) is 14.0. The minimum atomic E-state index is -0.103. The van der Waals surface area contributed by atoms with Gasteiger partial charge in [-0.15, -0.1) is 0 Å². The van der Waals surface area contributed by atoms with Crippen LogP contribution in [-0.4, -0.2) is 24.2 Å². The smallest absolute Gasteiger partial charge is 0.0873 e. The normalized spacial score (nSPS) is 21.9. The molecule has 1 aliphatic carbocycles. The number of hydrogen-bond donors (Lipinski definition) is 1. The summed E-state index contributed by atoms with van der Waals surface area (Å²) in [4.78, 5) is 4.31. The molecule has 21 heavy (non-hydrogen) atoms. The van der Waals surface area contributed by atoms with Gasteiger partial charge >= 0.3 is 0 Å². The van der Waals surface area contributed by atoms with Crippen molar-refractivity contribution in [3.05, 3.63) is 30.1 Å². The first-order chi connectivity index (χ1) is 10.0. The SMILES string of the molecule is CCCNC(c1cccnc1)C1(OC)CCC(C)(C)CC1. The van der Waals surface area contributed by atoms with E-state index < -0.39 is 0 Å². The number of aromatic nitrogens is 1. The molecule has 1 atom stereocenters. The molecule has 0 aromatic carbocycles. The molecule has 1 fully saturated rings. The van der Waals surface area contributed by atoms with E-state index in [4.69, 9.17) is 4.74 Å². The van der Waals surface area contributed by atoms with Gasteiger partial charge in [0, 0.05) is 19.5 Å². The number of nitrogens with one attached hydrogen (secondary N) is 1. The van der Waals surface area contributed by atoms with Crippen LogP contribution in [0.3, 0.4) is 0 Å². The van der Waals surface area contributed by atoms with E-state index in [1.165, 1.54) is 18.4 Å². The lowest BCUT2D eigenvalue weighted by Gasteiger charge is -2.47. The van der Waals surface area contributed by atoms with Crippen LogP contribution in [0.4, 0.5) is 0 Å². The average Bonchev–Trinajstić information content (AvgIpc) is 2.50. The van der Waals surface area contributed by atoms with E-state index in [0.717, 1.165) is 25.8 Å². The second-order valence-electron chi connectivity index (χ2n) is 7.11. The van der Waals surface area contributed by atoms with Gasteiger partial charge in [0.25, 0.3) is 0 Å². The molecule has 1 aromatic rings. The van der Waals surface area contributed by atoms with Crippen molar-refractivity contribution in [3.63, 3.8) is 0 Å². The zero-order valence-corrected chi connectivity index (χ0v) is 14.0. The summed E-state index contributed by atoms with van der Waals surface area (Å²) in [5.74, 6) is 0. The summed E-state index contributed by atoms with van der Waals surface area (Å²) in [5, 5.41) is 3.71. The molecule has 0 radical (unpaired) electrons. The lowest BCUT2D eigenvalue weighted by atomic mass is 9.67. The van der Waals surface area contributed by atoms with Crippen molar-refractivity contribution in [2.45, 2.75) is 64.5 Å². The van der Waals surface area contributed by atoms with Crippen LogP contribution >= 0.6 is 0 Å². The van der Waals surface area contributed by atoms with Gasteiger partial charge in [-0.25, -0.2) is 0 Å². The Balaban J connectivity index is 2.25. The highest BCUT2D eigenvalue weighted by molar-refractivity contribution is 5.19. The third-order valence-electron chi connectivity index (χ3n) is 5.00. The van der Waals surface area contributed by atoms with E-state index in [-0.39, 0.29) is 11.6 Å². The number of nitrogens with zero attached hydrogens (tertiary/aromatic N) is 1. The Labute approximate surface area is 129 Å². The van der Waals surface area contributed by atoms with Gasteiger partial charge in [-0.1, -0.05) is 26.8 Å². The van der Waals surface area contributed by atoms with Crippen LogP contribution in [0.5, 0.6) is 0 Å². The fraction of sp³-hybridized carbons (Fsp3) is 0.722.